The molecule has 2 amide bonds. The first-order valence-electron chi connectivity index (χ1n) is 10.1. The molecule has 4 N–H and O–H groups in total. The van der Waals surface area contributed by atoms with E-state index in [-0.39, 0.29) is 22.2 Å². The molecule has 1 aromatic rings. The summed E-state index contributed by atoms with van der Waals surface area (Å²) in [7, 11) is 0. The first kappa shape index (κ1) is 23.8. The van der Waals surface area contributed by atoms with E-state index in [0.717, 1.165) is 37.0 Å². The number of carboxylic acids is 1. The van der Waals surface area contributed by atoms with E-state index in [9.17, 15) is 19.5 Å². The molecule has 0 spiro atoms. The van der Waals surface area contributed by atoms with Gasteiger partial charge in [0.15, 0.2) is 10.8 Å². The number of nitrogen functional groups attached to an aromatic ring is 1. The van der Waals surface area contributed by atoms with Gasteiger partial charge in [0.1, 0.15) is 29.4 Å². The van der Waals surface area contributed by atoms with Crippen LogP contribution in [0.1, 0.15) is 38.3 Å². The van der Waals surface area contributed by atoms with Crippen molar-refractivity contribution >= 4 is 51.7 Å². The summed E-state index contributed by atoms with van der Waals surface area (Å²) in [6.45, 7) is 6.07. The summed E-state index contributed by atoms with van der Waals surface area (Å²) in [5, 5.41) is 17.4. The highest BCUT2D eigenvalue weighted by molar-refractivity contribution is 8.00. The van der Waals surface area contributed by atoms with Gasteiger partial charge in [-0.1, -0.05) is 37.6 Å². The van der Waals surface area contributed by atoms with E-state index in [0.29, 0.717) is 17.9 Å². The van der Waals surface area contributed by atoms with Crippen molar-refractivity contribution in [3.05, 3.63) is 35.0 Å². The minimum absolute atomic E-state index is 0.0821. The van der Waals surface area contributed by atoms with Crippen molar-refractivity contribution in [1.82, 2.24) is 15.2 Å². The second-order valence-electron chi connectivity index (χ2n) is 7.15. The van der Waals surface area contributed by atoms with E-state index in [4.69, 9.17) is 10.6 Å². The van der Waals surface area contributed by atoms with Crippen molar-refractivity contribution in [2.75, 3.05) is 18.1 Å². The standard InChI is InChI=1S/C20H25N5O5S2/c1-3-5-6-7-8-30-24-13(12-10-32-20(21)22-12)16(26)23-14-17(27)25-15(19(28)29)11(4-2)9-31-18(14)25/h4,10,14,18H,2-3,5-9H2,1H3,(H2,21,22)(H,23,26)(H,28,29)/b24-13+/t14?,18-/m1/s1. The van der Waals surface area contributed by atoms with Crippen LogP contribution in [0.4, 0.5) is 5.13 Å². The molecule has 0 aliphatic carbocycles. The van der Waals surface area contributed by atoms with Crippen molar-refractivity contribution in [3.63, 3.8) is 0 Å². The molecule has 10 nitrogen and oxygen atoms in total. The van der Waals surface area contributed by atoms with Crippen LogP contribution in [-0.4, -0.2) is 62.3 Å². The number of carboxylic acid groups (broad SMARTS) is 1. The number of unbranched alkanes of at least 4 members (excludes halogenated alkanes) is 3. The van der Waals surface area contributed by atoms with Crippen molar-refractivity contribution in [2.45, 2.75) is 44.0 Å². The maximum atomic E-state index is 13.0. The smallest absolute Gasteiger partial charge is 0.352 e. The number of rotatable bonds is 11. The van der Waals surface area contributed by atoms with Crippen LogP contribution in [-0.2, 0) is 19.2 Å². The van der Waals surface area contributed by atoms with Gasteiger partial charge in [-0.3, -0.25) is 14.5 Å². The Balaban J connectivity index is 1.71. The van der Waals surface area contributed by atoms with Gasteiger partial charge in [-0.2, -0.15) is 0 Å². The van der Waals surface area contributed by atoms with Gasteiger partial charge in [0.2, 0.25) is 0 Å². The molecule has 2 aliphatic heterocycles. The number of carbonyl (C=O) groups is 3. The van der Waals surface area contributed by atoms with E-state index >= 15 is 0 Å². The van der Waals surface area contributed by atoms with Crippen molar-refractivity contribution in [2.24, 2.45) is 5.16 Å². The molecular weight excluding hydrogens is 454 g/mol. The van der Waals surface area contributed by atoms with Crippen LogP contribution in [0.15, 0.2) is 34.5 Å². The first-order valence-corrected chi connectivity index (χ1v) is 12.1. The third-order valence-corrected chi connectivity index (χ3v) is 6.93. The van der Waals surface area contributed by atoms with E-state index in [1.165, 1.54) is 22.7 Å². The van der Waals surface area contributed by atoms with Gasteiger partial charge >= 0.3 is 5.97 Å². The number of nitrogens with one attached hydrogen (secondary N) is 1. The van der Waals surface area contributed by atoms with Crippen LogP contribution in [0, 0.1) is 0 Å². The van der Waals surface area contributed by atoms with E-state index < -0.39 is 29.2 Å². The number of β-lactam (4-membered cyclic amide) rings is 1. The summed E-state index contributed by atoms with van der Waals surface area (Å²) < 4.78 is 0. The summed E-state index contributed by atoms with van der Waals surface area (Å²) in [5.41, 5.74) is 6.22. The lowest BCUT2D eigenvalue weighted by atomic mass is 10.0. The molecule has 1 saturated heterocycles. The highest BCUT2D eigenvalue weighted by Gasteiger charge is 2.54. The lowest BCUT2D eigenvalue weighted by Gasteiger charge is -2.49. The summed E-state index contributed by atoms with van der Waals surface area (Å²) in [4.78, 5) is 47.9. The molecule has 172 valence electrons. The number of allylic oxidation sites excluding steroid dienone is 1. The number of carbonyl (C=O) groups excluding carboxylic acids is 2. The molecule has 3 heterocycles. The van der Waals surface area contributed by atoms with E-state index in [1.807, 2.05) is 0 Å². The Morgan fingerprint density at radius 1 is 1.47 bits per heavy atom. The van der Waals surface area contributed by atoms with Crippen LogP contribution in [0.5, 0.6) is 0 Å². The van der Waals surface area contributed by atoms with E-state index in [1.54, 1.807) is 5.38 Å². The summed E-state index contributed by atoms with van der Waals surface area (Å²) in [6.07, 6.45) is 5.41. The van der Waals surface area contributed by atoms with Gasteiger partial charge in [-0.05, 0) is 18.4 Å². The van der Waals surface area contributed by atoms with Gasteiger partial charge in [0.25, 0.3) is 11.8 Å². The number of aromatic nitrogens is 1. The van der Waals surface area contributed by atoms with Crippen LogP contribution in [0.3, 0.4) is 0 Å². The fraction of sp³-hybridized carbons (Fsp3) is 0.450. The summed E-state index contributed by atoms with van der Waals surface area (Å²) in [5.74, 6) is -1.99. The van der Waals surface area contributed by atoms with Crippen molar-refractivity contribution < 1.29 is 24.3 Å². The van der Waals surface area contributed by atoms with Gasteiger partial charge in [0, 0.05) is 11.1 Å². The molecule has 2 aliphatic rings. The quantitative estimate of drug-likeness (QED) is 0.189. The lowest BCUT2D eigenvalue weighted by Crippen LogP contribution is -2.71. The number of amides is 2. The van der Waals surface area contributed by atoms with Crippen LogP contribution < -0.4 is 11.1 Å². The topological polar surface area (TPSA) is 147 Å². The second kappa shape index (κ2) is 10.6. The molecule has 1 fully saturated rings. The highest BCUT2D eigenvalue weighted by Crippen LogP contribution is 2.40. The minimum atomic E-state index is -1.21. The van der Waals surface area contributed by atoms with Gasteiger partial charge < -0.3 is 21.0 Å². The Labute approximate surface area is 193 Å². The van der Waals surface area contributed by atoms with Crippen LogP contribution in [0.25, 0.3) is 0 Å². The fourth-order valence-electron chi connectivity index (χ4n) is 3.31. The molecule has 12 heteroatoms. The van der Waals surface area contributed by atoms with Crippen LogP contribution in [0.2, 0.25) is 0 Å². The van der Waals surface area contributed by atoms with Crippen molar-refractivity contribution in [3.8, 4) is 0 Å². The summed E-state index contributed by atoms with van der Waals surface area (Å²) >= 11 is 2.51. The molecule has 1 unspecified atom stereocenters. The number of fused-ring (bicyclic) bond motifs is 1. The number of thiazole rings is 1. The maximum Gasteiger partial charge on any atom is 0.352 e. The number of aliphatic carboxylic acids is 1. The lowest BCUT2D eigenvalue weighted by molar-refractivity contribution is -0.150. The molecule has 0 saturated carbocycles. The van der Waals surface area contributed by atoms with Crippen molar-refractivity contribution in [1.29, 1.82) is 0 Å². The molecule has 0 aromatic carbocycles. The predicted molar refractivity (Wildman–Crippen MR) is 123 cm³/mol. The Bertz CT molecular complexity index is 973. The zero-order valence-corrected chi connectivity index (χ0v) is 19.2. The second-order valence-corrected chi connectivity index (χ2v) is 9.14. The zero-order valence-electron chi connectivity index (χ0n) is 17.6. The summed E-state index contributed by atoms with van der Waals surface area (Å²) in [6, 6.07) is -0.890. The predicted octanol–water partition coefficient (Wildman–Crippen LogP) is 1.95. The maximum absolute atomic E-state index is 13.0. The Morgan fingerprint density at radius 2 is 2.25 bits per heavy atom. The number of nitrogens with two attached hydrogens (primary N) is 1. The average molecular weight is 480 g/mol. The largest absolute Gasteiger partial charge is 0.477 e. The zero-order chi connectivity index (χ0) is 23.3. The Kier molecular flexibility index (Phi) is 7.91. The van der Waals surface area contributed by atoms with E-state index in [2.05, 4.69) is 29.0 Å². The first-order chi connectivity index (χ1) is 15.4. The molecule has 1 aromatic heterocycles. The molecular formula is C20H25N5O5S2. The average Bonchev–Trinajstić information content (AvgIpc) is 3.21. The number of hydrogen-bond donors (Lipinski definition) is 3. The molecule has 3 rings (SSSR count). The Morgan fingerprint density at radius 3 is 2.88 bits per heavy atom. The molecule has 0 radical (unpaired) electrons. The molecule has 0 bridgehead atoms. The molecule has 2 atom stereocenters. The number of hydrogen-bond acceptors (Lipinski definition) is 9. The normalized spacial score (nSPS) is 20.5. The minimum Gasteiger partial charge on any atom is -0.477 e. The van der Waals surface area contributed by atoms with Gasteiger partial charge in [-0.15, -0.1) is 23.1 Å². The number of oxime groups is 1. The third kappa shape index (κ3) is 4.96. The SMILES string of the molecule is C=CC1=C(C(=O)O)N2C(=O)C(NC(=O)/C(=N/OCCCCCC)c3csc(N)n3)[C@H]2SC1. The van der Waals surface area contributed by atoms with Gasteiger partial charge in [-0.25, -0.2) is 9.78 Å². The monoisotopic (exact) mass is 479 g/mol. The number of thioether (sulfide) groups is 1. The number of nitrogens with zero attached hydrogens (tertiary/aromatic N) is 3. The number of anilines is 1. The fourth-order valence-corrected chi connectivity index (χ4v) is 5.20. The van der Waals surface area contributed by atoms with Crippen LogP contribution >= 0.6 is 23.1 Å². The Hall–Kier alpha value is -2.86. The molecule has 32 heavy (non-hydrogen) atoms. The third-order valence-electron chi connectivity index (χ3n) is 4.96. The van der Waals surface area contributed by atoms with Gasteiger partial charge in [0.05, 0.1) is 0 Å². The highest BCUT2D eigenvalue weighted by atomic mass is 32.2.